The standard InChI is InChI=1S/C22H27N5OS/c1-16-10-11-19(17(2)14-16)23-20(28)15-29-22-25-24-21(18-8-4-3-5-9-18)27(22)26-12-6-7-13-26/h6-7,10-14,18H,3-5,8-9,15H2,1-2H3,(H,23,28). The summed E-state index contributed by atoms with van der Waals surface area (Å²) in [6.45, 7) is 4.06. The Morgan fingerprint density at radius 3 is 2.62 bits per heavy atom. The monoisotopic (exact) mass is 409 g/mol. The van der Waals surface area contributed by atoms with Gasteiger partial charge in [-0.05, 0) is 50.5 Å². The fourth-order valence-corrected chi connectivity index (χ4v) is 4.67. The van der Waals surface area contributed by atoms with Crippen molar-refractivity contribution in [1.82, 2.24) is 19.5 Å². The van der Waals surface area contributed by atoms with Crippen LogP contribution >= 0.6 is 11.8 Å². The first kappa shape index (κ1) is 19.8. The van der Waals surface area contributed by atoms with E-state index in [1.807, 2.05) is 55.2 Å². The first-order valence-electron chi connectivity index (χ1n) is 10.2. The molecule has 3 aromatic rings. The van der Waals surface area contributed by atoms with Gasteiger partial charge >= 0.3 is 0 Å². The second kappa shape index (κ2) is 8.86. The van der Waals surface area contributed by atoms with E-state index in [0.717, 1.165) is 35.1 Å². The molecule has 6 nitrogen and oxygen atoms in total. The lowest BCUT2D eigenvalue weighted by atomic mass is 9.89. The summed E-state index contributed by atoms with van der Waals surface area (Å²) in [5.74, 6) is 1.68. The number of nitrogens with zero attached hydrogens (tertiary/aromatic N) is 4. The number of hydrogen-bond acceptors (Lipinski definition) is 4. The molecule has 0 spiro atoms. The van der Waals surface area contributed by atoms with Crippen LogP contribution in [-0.4, -0.2) is 31.2 Å². The van der Waals surface area contributed by atoms with E-state index in [2.05, 4.69) is 26.3 Å². The van der Waals surface area contributed by atoms with Crippen LogP contribution in [0.2, 0.25) is 0 Å². The number of rotatable bonds is 6. The van der Waals surface area contributed by atoms with Gasteiger partial charge in [-0.1, -0.05) is 48.7 Å². The minimum absolute atomic E-state index is 0.0387. The summed E-state index contributed by atoms with van der Waals surface area (Å²) in [5, 5.41) is 12.7. The molecule has 1 aliphatic carbocycles. The van der Waals surface area contributed by atoms with Gasteiger partial charge in [-0.15, -0.1) is 10.2 Å². The van der Waals surface area contributed by atoms with E-state index >= 15 is 0 Å². The fourth-order valence-electron chi connectivity index (χ4n) is 3.93. The molecular formula is C22H27N5OS. The Labute approximate surface area is 175 Å². The van der Waals surface area contributed by atoms with Gasteiger partial charge in [0.05, 0.1) is 5.75 Å². The number of aromatic nitrogens is 4. The normalized spacial score (nSPS) is 14.8. The Morgan fingerprint density at radius 2 is 1.90 bits per heavy atom. The first-order chi connectivity index (χ1) is 14.1. The van der Waals surface area contributed by atoms with Gasteiger partial charge in [-0.2, -0.15) is 0 Å². The highest BCUT2D eigenvalue weighted by atomic mass is 32.2. The molecule has 1 amide bonds. The Balaban J connectivity index is 1.49. The number of carbonyl (C=O) groups is 1. The molecule has 29 heavy (non-hydrogen) atoms. The lowest BCUT2D eigenvalue weighted by Gasteiger charge is -2.22. The van der Waals surface area contributed by atoms with E-state index in [4.69, 9.17) is 0 Å². The van der Waals surface area contributed by atoms with Gasteiger partial charge in [0, 0.05) is 24.0 Å². The molecule has 7 heteroatoms. The molecule has 1 N–H and O–H groups in total. The van der Waals surface area contributed by atoms with E-state index in [9.17, 15) is 4.79 Å². The van der Waals surface area contributed by atoms with E-state index in [1.165, 1.54) is 36.6 Å². The van der Waals surface area contributed by atoms with Gasteiger partial charge in [0.2, 0.25) is 11.1 Å². The van der Waals surface area contributed by atoms with E-state index in [0.29, 0.717) is 5.92 Å². The Hall–Kier alpha value is -2.54. The predicted octanol–water partition coefficient (Wildman–Crippen LogP) is 4.79. The summed E-state index contributed by atoms with van der Waals surface area (Å²) in [7, 11) is 0. The number of benzene rings is 1. The van der Waals surface area contributed by atoms with Crippen LogP contribution in [0.5, 0.6) is 0 Å². The third kappa shape index (κ3) is 4.56. The summed E-state index contributed by atoms with van der Waals surface area (Å²) in [6.07, 6.45) is 10.1. The van der Waals surface area contributed by atoms with Crippen molar-refractivity contribution in [2.75, 3.05) is 11.1 Å². The molecule has 0 unspecified atom stereocenters. The molecule has 0 bridgehead atoms. The number of carbonyl (C=O) groups excluding carboxylic acids is 1. The topological polar surface area (TPSA) is 64.7 Å². The summed E-state index contributed by atoms with van der Waals surface area (Å²) in [4.78, 5) is 12.5. The molecule has 0 radical (unpaired) electrons. The summed E-state index contributed by atoms with van der Waals surface area (Å²) >= 11 is 1.42. The SMILES string of the molecule is Cc1ccc(NC(=O)CSc2nnc(C3CCCCC3)n2-n2cccc2)c(C)c1. The molecule has 1 fully saturated rings. The van der Waals surface area contributed by atoms with Crippen molar-refractivity contribution in [2.45, 2.75) is 57.0 Å². The predicted molar refractivity (Wildman–Crippen MR) is 116 cm³/mol. The highest BCUT2D eigenvalue weighted by molar-refractivity contribution is 7.99. The van der Waals surface area contributed by atoms with Crippen LogP contribution in [0.4, 0.5) is 5.69 Å². The van der Waals surface area contributed by atoms with Crippen LogP contribution in [0, 0.1) is 13.8 Å². The number of amides is 1. The quantitative estimate of drug-likeness (QED) is 0.595. The van der Waals surface area contributed by atoms with Crippen molar-refractivity contribution in [1.29, 1.82) is 0 Å². The lowest BCUT2D eigenvalue weighted by molar-refractivity contribution is -0.113. The number of thioether (sulfide) groups is 1. The smallest absolute Gasteiger partial charge is 0.234 e. The van der Waals surface area contributed by atoms with Crippen molar-refractivity contribution in [3.63, 3.8) is 0 Å². The summed E-state index contributed by atoms with van der Waals surface area (Å²) in [5.41, 5.74) is 3.11. The summed E-state index contributed by atoms with van der Waals surface area (Å²) in [6, 6.07) is 10.0. The van der Waals surface area contributed by atoms with Crippen LogP contribution in [0.1, 0.15) is 55.0 Å². The van der Waals surface area contributed by atoms with Gasteiger partial charge in [-0.3, -0.25) is 9.47 Å². The van der Waals surface area contributed by atoms with Gasteiger partial charge in [0.25, 0.3) is 0 Å². The Morgan fingerprint density at radius 1 is 1.14 bits per heavy atom. The average Bonchev–Trinajstić information content (AvgIpc) is 3.38. The van der Waals surface area contributed by atoms with Crippen molar-refractivity contribution in [2.24, 2.45) is 0 Å². The minimum Gasteiger partial charge on any atom is -0.325 e. The van der Waals surface area contributed by atoms with Gasteiger partial charge in [0.15, 0.2) is 5.82 Å². The molecule has 4 rings (SSSR count). The van der Waals surface area contributed by atoms with Crippen LogP contribution < -0.4 is 5.32 Å². The maximum absolute atomic E-state index is 12.5. The van der Waals surface area contributed by atoms with Crippen molar-refractivity contribution in [3.05, 3.63) is 59.7 Å². The van der Waals surface area contributed by atoms with Gasteiger partial charge in [0.1, 0.15) is 0 Å². The van der Waals surface area contributed by atoms with Crippen molar-refractivity contribution < 1.29 is 4.79 Å². The molecule has 152 valence electrons. The number of anilines is 1. The highest BCUT2D eigenvalue weighted by Gasteiger charge is 2.24. The summed E-state index contributed by atoms with van der Waals surface area (Å²) < 4.78 is 4.07. The fraction of sp³-hybridized carbons (Fsp3) is 0.409. The van der Waals surface area contributed by atoms with Crippen molar-refractivity contribution in [3.8, 4) is 0 Å². The zero-order valence-corrected chi connectivity index (χ0v) is 17.8. The van der Waals surface area contributed by atoms with E-state index in [1.54, 1.807) is 0 Å². The molecule has 2 heterocycles. The molecule has 0 atom stereocenters. The molecule has 0 saturated heterocycles. The zero-order chi connectivity index (χ0) is 20.2. The second-order valence-electron chi connectivity index (χ2n) is 7.71. The van der Waals surface area contributed by atoms with E-state index < -0.39 is 0 Å². The maximum Gasteiger partial charge on any atom is 0.234 e. The van der Waals surface area contributed by atoms with Gasteiger partial charge < -0.3 is 5.32 Å². The Bertz CT molecular complexity index is 973. The molecule has 1 aromatic carbocycles. The second-order valence-corrected chi connectivity index (χ2v) is 8.65. The largest absolute Gasteiger partial charge is 0.325 e. The molecule has 1 aliphatic rings. The Kier molecular flexibility index (Phi) is 6.04. The molecular weight excluding hydrogens is 382 g/mol. The van der Waals surface area contributed by atoms with Crippen LogP contribution in [0.3, 0.4) is 0 Å². The maximum atomic E-state index is 12.5. The zero-order valence-electron chi connectivity index (χ0n) is 17.0. The first-order valence-corrected chi connectivity index (χ1v) is 11.2. The molecule has 2 aromatic heterocycles. The third-order valence-electron chi connectivity index (χ3n) is 5.41. The van der Waals surface area contributed by atoms with E-state index in [-0.39, 0.29) is 11.7 Å². The number of nitrogens with one attached hydrogen (secondary N) is 1. The van der Waals surface area contributed by atoms with Crippen LogP contribution in [-0.2, 0) is 4.79 Å². The number of aryl methyl sites for hydroxylation is 2. The minimum atomic E-state index is -0.0387. The average molecular weight is 410 g/mol. The molecule has 1 saturated carbocycles. The van der Waals surface area contributed by atoms with Crippen molar-refractivity contribution >= 4 is 23.4 Å². The third-order valence-corrected chi connectivity index (χ3v) is 6.33. The van der Waals surface area contributed by atoms with Crippen LogP contribution in [0.15, 0.2) is 47.9 Å². The molecule has 0 aliphatic heterocycles. The number of hydrogen-bond donors (Lipinski definition) is 1. The van der Waals surface area contributed by atoms with Gasteiger partial charge in [-0.25, -0.2) is 4.68 Å². The highest BCUT2D eigenvalue weighted by Crippen LogP contribution is 2.33. The van der Waals surface area contributed by atoms with Crippen LogP contribution in [0.25, 0.3) is 0 Å². The lowest BCUT2D eigenvalue weighted by Crippen LogP contribution is -2.18.